The third-order valence-electron chi connectivity index (χ3n) is 5.63. The van der Waals surface area contributed by atoms with E-state index in [9.17, 15) is 14.4 Å². The Labute approximate surface area is 198 Å². The number of carbonyl (C=O) groups excluding carboxylic acids is 3. The molecule has 0 aliphatic carbocycles. The van der Waals surface area contributed by atoms with Crippen molar-refractivity contribution in [3.8, 4) is 5.75 Å². The zero-order chi connectivity index (χ0) is 23.9. The lowest BCUT2D eigenvalue weighted by Gasteiger charge is -2.17. The molecule has 34 heavy (non-hydrogen) atoms. The monoisotopic (exact) mass is 457 g/mol. The third-order valence-corrected chi connectivity index (χ3v) is 5.63. The summed E-state index contributed by atoms with van der Waals surface area (Å²) in [4.78, 5) is 38.8. The molecule has 1 aliphatic heterocycles. The minimum absolute atomic E-state index is 0.0916. The molecular formula is C27H27N3O4. The summed E-state index contributed by atoms with van der Waals surface area (Å²) in [6, 6.07) is 24.2. The fraction of sp³-hybridized carbons (Fsp3) is 0.222. The van der Waals surface area contributed by atoms with Crippen molar-refractivity contribution < 1.29 is 19.1 Å². The van der Waals surface area contributed by atoms with Crippen LogP contribution in [0.2, 0.25) is 0 Å². The highest BCUT2D eigenvalue weighted by atomic mass is 16.5. The molecule has 3 amide bonds. The Hall–Kier alpha value is -4.13. The molecule has 3 aromatic carbocycles. The highest BCUT2D eigenvalue weighted by Crippen LogP contribution is 2.27. The summed E-state index contributed by atoms with van der Waals surface area (Å²) >= 11 is 0. The van der Waals surface area contributed by atoms with Gasteiger partial charge in [-0.05, 0) is 54.4 Å². The average molecular weight is 458 g/mol. The van der Waals surface area contributed by atoms with E-state index in [2.05, 4.69) is 10.6 Å². The van der Waals surface area contributed by atoms with Crippen LogP contribution >= 0.6 is 0 Å². The van der Waals surface area contributed by atoms with Gasteiger partial charge in [0.25, 0.3) is 5.91 Å². The zero-order valence-corrected chi connectivity index (χ0v) is 19.0. The van der Waals surface area contributed by atoms with Crippen LogP contribution in [-0.2, 0) is 20.9 Å². The molecule has 174 valence electrons. The van der Waals surface area contributed by atoms with E-state index in [0.29, 0.717) is 24.5 Å². The fourth-order valence-electron chi connectivity index (χ4n) is 3.85. The molecule has 3 aromatic rings. The van der Waals surface area contributed by atoms with E-state index in [-0.39, 0.29) is 30.7 Å². The van der Waals surface area contributed by atoms with Crippen LogP contribution in [0.15, 0.2) is 78.9 Å². The van der Waals surface area contributed by atoms with Crippen LogP contribution in [-0.4, -0.2) is 30.9 Å². The number of aryl methyl sites for hydroxylation is 1. The third kappa shape index (κ3) is 6.01. The summed E-state index contributed by atoms with van der Waals surface area (Å²) in [6.07, 6.45) is 0.179. The van der Waals surface area contributed by atoms with Crippen LogP contribution in [0.3, 0.4) is 0 Å². The first-order valence-electron chi connectivity index (χ1n) is 11.2. The minimum atomic E-state index is -0.391. The smallest absolute Gasteiger partial charge is 0.262 e. The minimum Gasteiger partial charge on any atom is -0.484 e. The summed E-state index contributed by atoms with van der Waals surface area (Å²) in [5, 5.41) is 5.71. The lowest BCUT2D eigenvalue weighted by atomic mass is 10.1. The first-order valence-corrected chi connectivity index (χ1v) is 11.2. The van der Waals surface area contributed by atoms with Gasteiger partial charge in [0.15, 0.2) is 6.61 Å². The summed E-state index contributed by atoms with van der Waals surface area (Å²) < 4.78 is 5.57. The van der Waals surface area contributed by atoms with E-state index in [0.717, 1.165) is 16.8 Å². The second-order valence-electron chi connectivity index (χ2n) is 8.31. The molecule has 1 aliphatic rings. The summed E-state index contributed by atoms with van der Waals surface area (Å²) in [7, 11) is 0. The highest BCUT2D eigenvalue weighted by Gasteiger charge is 2.35. The molecule has 0 spiro atoms. The number of rotatable bonds is 8. The van der Waals surface area contributed by atoms with Gasteiger partial charge in [-0.25, -0.2) is 0 Å². The molecule has 1 saturated heterocycles. The van der Waals surface area contributed by atoms with E-state index in [1.54, 1.807) is 29.2 Å². The van der Waals surface area contributed by atoms with Gasteiger partial charge in [-0.3, -0.25) is 14.4 Å². The molecule has 1 atom stereocenters. The van der Waals surface area contributed by atoms with Crippen LogP contribution in [0.4, 0.5) is 11.4 Å². The zero-order valence-electron chi connectivity index (χ0n) is 19.0. The molecule has 1 heterocycles. The lowest BCUT2D eigenvalue weighted by molar-refractivity contribution is -0.126. The van der Waals surface area contributed by atoms with Gasteiger partial charge in [0, 0.05) is 30.9 Å². The maximum Gasteiger partial charge on any atom is 0.262 e. The molecule has 0 radical (unpaired) electrons. The molecule has 0 unspecified atom stereocenters. The molecule has 0 bridgehead atoms. The first-order chi connectivity index (χ1) is 16.5. The van der Waals surface area contributed by atoms with Gasteiger partial charge in [0.1, 0.15) is 5.75 Å². The summed E-state index contributed by atoms with van der Waals surface area (Å²) in [6.45, 7) is 2.60. The summed E-state index contributed by atoms with van der Waals surface area (Å²) in [5.41, 5.74) is 3.49. The SMILES string of the molecule is Cc1cccc(NC(=O)COc2ccc(N3C[C@H](C(=O)NCc4ccccc4)CC3=O)cc2)c1. The molecule has 4 rings (SSSR count). The summed E-state index contributed by atoms with van der Waals surface area (Å²) in [5.74, 6) is -0.344. The molecule has 0 saturated carbocycles. The van der Waals surface area contributed by atoms with Crippen LogP contribution in [0.1, 0.15) is 17.5 Å². The predicted molar refractivity (Wildman–Crippen MR) is 130 cm³/mol. The first kappa shape index (κ1) is 23.0. The number of nitrogens with one attached hydrogen (secondary N) is 2. The normalized spacial score (nSPS) is 15.1. The Balaban J connectivity index is 1.27. The molecule has 0 aromatic heterocycles. The number of ether oxygens (including phenoxy) is 1. The largest absolute Gasteiger partial charge is 0.484 e. The predicted octanol–water partition coefficient (Wildman–Crippen LogP) is 3.68. The number of amides is 3. The second-order valence-corrected chi connectivity index (χ2v) is 8.31. The van der Waals surface area contributed by atoms with Crippen molar-refractivity contribution in [3.05, 3.63) is 90.0 Å². The van der Waals surface area contributed by atoms with Crippen molar-refractivity contribution in [1.29, 1.82) is 0 Å². The Morgan fingerprint density at radius 2 is 1.76 bits per heavy atom. The van der Waals surface area contributed by atoms with Crippen molar-refractivity contribution in [2.24, 2.45) is 5.92 Å². The Morgan fingerprint density at radius 1 is 1.00 bits per heavy atom. The lowest BCUT2D eigenvalue weighted by Crippen LogP contribution is -2.32. The Bertz CT molecular complexity index is 1160. The number of benzene rings is 3. The van der Waals surface area contributed by atoms with Crippen LogP contribution in [0.25, 0.3) is 0 Å². The number of hydrogen-bond acceptors (Lipinski definition) is 4. The van der Waals surface area contributed by atoms with Gasteiger partial charge < -0.3 is 20.3 Å². The Morgan fingerprint density at radius 3 is 2.50 bits per heavy atom. The maximum atomic E-state index is 12.5. The van der Waals surface area contributed by atoms with Gasteiger partial charge >= 0.3 is 0 Å². The molecule has 7 heteroatoms. The van der Waals surface area contributed by atoms with Crippen molar-refractivity contribution in [3.63, 3.8) is 0 Å². The van der Waals surface area contributed by atoms with Gasteiger partial charge in [-0.1, -0.05) is 42.5 Å². The number of anilines is 2. The number of nitrogens with zero attached hydrogens (tertiary/aromatic N) is 1. The van der Waals surface area contributed by atoms with Gasteiger partial charge in [-0.15, -0.1) is 0 Å². The molecule has 7 nitrogen and oxygen atoms in total. The number of carbonyl (C=O) groups is 3. The van der Waals surface area contributed by atoms with Gasteiger partial charge in [0.05, 0.1) is 5.92 Å². The quantitative estimate of drug-likeness (QED) is 0.540. The van der Waals surface area contributed by atoms with Crippen LogP contribution in [0, 0.1) is 12.8 Å². The van der Waals surface area contributed by atoms with Gasteiger partial charge in [-0.2, -0.15) is 0 Å². The van der Waals surface area contributed by atoms with E-state index in [1.807, 2.05) is 61.5 Å². The molecule has 2 N–H and O–H groups in total. The molecule has 1 fully saturated rings. The fourth-order valence-corrected chi connectivity index (χ4v) is 3.85. The van der Waals surface area contributed by atoms with Crippen LogP contribution < -0.4 is 20.3 Å². The highest BCUT2D eigenvalue weighted by molar-refractivity contribution is 6.00. The standard InChI is InChI=1S/C27H27N3O4/c1-19-6-5-9-22(14-19)29-25(31)18-34-24-12-10-23(11-13-24)30-17-21(15-26(30)32)27(33)28-16-20-7-3-2-4-8-20/h2-14,21H,15-18H2,1H3,(H,28,33)(H,29,31)/t21-/m1/s1. The Kier molecular flexibility index (Phi) is 7.22. The van der Waals surface area contributed by atoms with E-state index in [4.69, 9.17) is 4.74 Å². The van der Waals surface area contributed by atoms with Gasteiger partial charge in [0.2, 0.25) is 11.8 Å². The van der Waals surface area contributed by atoms with Crippen molar-refractivity contribution in [1.82, 2.24) is 5.32 Å². The van der Waals surface area contributed by atoms with E-state index < -0.39 is 5.92 Å². The maximum absolute atomic E-state index is 12.5. The molecular weight excluding hydrogens is 430 g/mol. The van der Waals surface area contributed by atoms with E-state index in [1.165, 1.54) is 0 Å². The topological polar surface area (TPSA) is 87.7 Å². The average Bonchev–Trinajstić information content (AvgIpc) is 3.24. The van der Waals surface area contributed by atoms with Crippen molar-refractivity contribution in [2.75, 3.05) is 23.4 Å². The van der Waals surface area contributed by atoms with Crippen molar-refractivity contribution >= 4 is 29.1 Å². The number of hydrogen-bond donors (Lipinski definition) is 2. The van der Waals surface area contributed by atoms with Crippen LogP contribution in [0.5, 0.6) is 5.75 Å². The van der Waals surface area contributed by atoms with E-state index >= 15 is 0 Å². The van der Waals surface area contributed by atoms with Crippen molar-refractivity contribution in [2.45, 2.75) is 19.9 Å². The second kappa shape index (κ2) is 10.7.